The van der Waals surface area contributed by atoms with E-state index in [1.807, 2.05) is 0 Å². The Bertz CT molecular complexity index is 593. The number of amides is 3. The number of benzene rings is 1. The Balaban J connectivity index is 1.89. The van der Waals surface area contributed by atoms with E-state index in [1.54, 1.807) is 0 Å². The molecule has 1 fully saturated rings. The van der Waals surface area contributed by atoms with Crippen molar-refractivity contribution < 1.29 is 31.9 Å². The normalized spacial score (nSPS) is 17.5. The maximum atomic E-state index is 13.3. The average Bonchev–Trinajstić information content (AvgIpc) is 2.65. The third-order valence-corrected chi connectivity index (χ3v) is 3.54. The summed E-state index contributed by atoms with van der Waals surface area (Å²) in [7, 11) is 0. The second kappa shape index (κ2) is 7.50. The number of carbonyl (C=O) groups excluding carboxylic acids is 2. The summed E-state index contributed by atoms with van der Waals surface area (Å²) in [6, 6.07) is 4.80. The Morgan fingerprint density at radius 2 is 1.92 bits per heavy atom. The molecule has 1 N–H and O–H groups in total. The van der Waals surface area contributed by atoms with E-state index in [9.17, 15) is 27.2 Å². The number of hydrogen-bond acceptors (Lipinski definition) is 3. The summed E-state index contributed by atoms with van der Waals surface area (Å²) in [6.07, 6.45) is -1.52. The fourth-order valence-corrected chi connectivity index (χ4v) is 2.23. The second-order valence-electron chi connectivity index (χ2n) is 5.33. The third kappa shape index (κ3) is 5.10. The molecule has 1 aromatic carbocycles. The minimum atomic E-state index is -2.95. The Labute approximate surface area is 135 Å². The maximum absolute atomic E-state index is 13.3. The molecule has 0 aliphatic carbocycles. The van der Waals surface area contributed by atoms with E-state index in [-0.39, 0.29) is 25.3 Å². The van der Waals surface area contributed by atoms with Crippen LogP contribution in [0, 0.1) is 0 Å². The molecule has 5 nitrogen and oxygen atoms in total. The number of halogens is 4. The largest absolute Gasteiger partial charge is 0.435 e. The molecule has 3 amide bonds. The van der Waals surface area contributed by atoms with Gasteiger partial charge < -0.3 is 10.1 Å². The quantitative estimate of drug-likeness (QED) is 0.851. The highest BCUT2D eigenvalue weighted by molar-refractivity contribution is 5.94. The fraction of sp³-hybridized carbons (Fsp3) is 0.467. The van der Waals surface area contributed by atoms with Gasteiger partial charge in [0.05, 0.1) is 0 Å². The topological polar surface area (TPSA) is 58.6 Å². The molecule has 1 heterocycles. The molecule has 1 saturated heterocycles. The van der Waals surface area contributed by atoms with Gasteiger partial charge in [0.1, 0.15) is 5.75 Å². The van der Waals surface area contributed by atoms with Crippen molar-refractivity contribution in [3.63, 3.8) is 0 Å². The van der Waals surface area contributed by atoms with Crippen LogP contribution in [0.1, 0.15) is 24.8 Å². The van der Waals surface area contributed by atoms with Crippen molar-refractivity contribution in [2.75, 3.05) is 6.54 Å². The summed E-state index contributed by atoms with van der Waals surface area (Å²) in [5.74, 6) is -3.62. The fourth-order valence-electron chi connectivity index (χ4n) is 2.23. The van der Waals surface area contributed by atoms with Crippen molar-refractivity contribution in [1.29, 1.82) is 0 Å². The van der Waals surface area contributed by atoms with Crippen LogP contribution in [0.5, 0.6) is 5.75 Å². The molecule has 0 aromatic heterocycles. The Hall–Kier alpha value is -2.32. The Kier molecular flexibility index (Phi) is 5.63. The lowest BCUT2D eigenvalue weighted by Gasteiger charge is -2.19. The number of nitrogens with one attached hydrogen (secondary N) is 1. The van der Waals surface area contributed by atoms with Gasteiger partial charge in [0.25, 0.3) is 0 Å². The summed E-state index contributed by atoms with van der Waals surface area (Å²) in [5.41, 5.74) is 0.581. The standard InChI is InChI=1S/C15H16F4N2O3/c16-13(17)24-11-3-1-10(2-4-11)9-20-14(23)21-8-7-15(18,19)6-5-12(21)22/h1-4,13H,5-9H2,(H,20,23). The summed E-state index contributed by atoms with van der Waals surface area (Å²) in [5, 5.41) is 2.45. The number of nitrogens with zero attached hydrogens (tertiary/aromatic N) is 1. The molecule has 1 aromatic rings. The van der Waals surface area contributed by atoms with Crippen molar-refractivity contribution >= 4 is 11.9 Å². The van der Waals surface area contributed by atoms with Crippen LogP contribution in [0.25, 0.3) is 0 Å². The van der Waals surface area contributed by atoms with Crippen LogP contribution in [-0.2, 0) is 11.3 Å². The lowest BCUT2D eigenvalue weighted by Crippen LogP contribution is -2.43. The van der Waals surface area contributed by atoms with Crippen LogP contribution in [0.4, 0.5) is 22.4 Å². The molecule has 0 atom stereocenters. The molecule has 1 aliphatic rings. The van der Waals surface area contributed by atoms with Crippen LogP contribution in [0.3, 0.4) is 0 Å². The number of hydrogen-bond donors (Lipinski definition) is 1. The van der Waals surface area contributed by atoms with Crippen LogP contribution in [0.15, 0.2) is 24.3 Å². The van der Waals surface area contributed by atoms with Gasteiger partial charge in [-0.3, -0.25) is 9.69 Å². The van der Waals surface area contributed by atoms with Gasteiger partial charge in [-0.05, 0) is 17.7 Å². The number of likely N-dealkylation sites (tertiary alicyclic amines) is 1. The van der Waals surface area contributed by atoms with Crippen molar-refractivity contribution in [2.24, 2.45) is 0 Å². The smallest absolute Gasteiger partial charge is 0.387 e. The van der Waals surface area contributed by atoms with Crippen LogP contribution < -0.4 is 10.1 Å². The van der Waals surface area contributed by atoms with E-state index in [1.165, 1.54) is 24.3 Å². The van der Waals surface area contributed by atoms with Crippen molar-refractivity contribution in [3.05, 3.63) is 29.8 Å². The van der Waals surface area contributed by atoms with Crippen molar-refractivity contribution in [3.8, 4) is 5.75 Å². The zero-order chi connectivity index (χ0) is 17.7. The highest BCUT2D eigenvalue weighted by atomic mass is 19.3. The molecule has 24 heavy (non-hydrogen) atoms. The predicted molar refractivity (Wildman–Crippen MR) is 75.8 cm³/mol. The number of carbonyl (C=O) groups is 2. The van der Waals surface area contributed by atoms with Gasteiger partial charge in [-0.1, -0.05) is 12.1 Å². The SMILES string of the molecule is O=C1CCC(F)(F)CCN1C(=O)NCc1ccc(OC(F)F)cc1. The average molecular weight is 348 g/mol. The number of ether oxygens (including phenoxy) is 1. The van der Waals surface area contributed by atoms with E-state index in [0.717, 1.165) is 4.90 Å². The highest BCUT2D eigenvalue weighted by Crippen LogP contribution is 2.28. The van der Waals surface area contributed by atoms with E-state index in [0.29, 0.717) is 5.56 Å². The van der Waals surface area contributed by atoms with Crippen LogP contribution >= 0.6 is 0 Å². The molecular weight excluding hydrogens is 332 g/mol. The second-order valence-corrected chi connectivity index (χ2v) is 5.33. The lowest BCUT2D eigenvalue weighted by molar-refractivity contribution is -0.128. The summed E-state index contributed by atoms with van der Waals surface area (Å²) in [4.78, 5) is 24.5. The maximum Gasteiger partial charge on any atom is 0.387 e. The Morgan fingerprint density at radius 1 is 1.25 bits per heavy atom. The van der Waals surface area contributed by atoms with E-state index < -0.39 is 37.3 Å². The predicted octanol–water partition coefficient (Wildman–Crippen LogP) is 3.15. The van der Waals surface area contributed by atoms with Gasteiger partial charge in [-0.2, -0.15) is 8.78 Å². The summed E-state index contributed by atoms with van der Waals surface area (Å²) >= 11 is 0. The highest BCUT2D eigenvalue weighted by Gasteiger charge is 2.36. The molecule has 1 aliphatic heterocycles. The number of imide groups is 1. The molecule has 2 rings (SSSR count). The number of rotatable bonds is 4. The summed E-state index contributed by atoms with van der Waals surface area (Å²) in [6.45, 7) is -3.25. The first-order chi connectivity index (χ1) is 11.3. The molecule has 0 unspecified atom stereocenters. The molecular formula is C15H16F4N2O3. The number of alkyl halides is 4. The monoisotopic (exact) mass is 348 g/mol. The van der Waals surface area contributed by atoms with Gasteiger partial charge >= 0.3 is 12.6 Å². The zero-order valence-electron chi connectivity index (χ0n) is 12.6. The van der Waals surface area contributed by atoms with Crippen molar-refractivity contribution in [2.45, 2.75) is 38.3 Å². The zero-order valence-corrected chi connectivity index (χ0v) is 12.6. The minimum absolute atomic E-state index is 0.0218. The molecule has 0 spiro atoms. The van der Waals surface area contributed by atoms with Crippen LogP contribution in [-0.4, -0.2) is 35.9 Å². The Morgan fingerprint density at radius 3 is 2.54 bits per heavy atom. The molecule has 9 heteroatoms. The van der Waals surface area contributed by atoms with Gasteiger partial charge in [0.2, 0.25) is 11.8 Å². The minimum Gasteiger partial charge on any atom is -0.435 e. The van der Waals surface area contributed by atoms with E-state index >= 15 is 0 Å². The molecule has 132 valence electrons. The lowest BCUT2D eigenvalue weighted by atomic mass is 10.1. The van der Waals surface area contributed by atoms with E-state index in [2.05, 4.69) is 10.1 Å². The molecule has 0 radical (unpaired) electrons. The van der Waals surface area contributed by atoms with Crippen LogP contribution in [0.2, 0.25) is 0 Å². The molecule has 0 bridgehead atoms. The first kappa shape index (κ1) is 18.0. The first-order valence-corrected chi connectivity index (χ1v) is 7.27. The van der Waals surface area contributed by atoms with E-state index in [4.69, 9.17) is 0 Å². The van der Waals surface area contributed by atoms with Crippen molar-refractivity contribution in [1.82, 2.24) is 10.2 Å². The van der Waals surface area contributed by atoms with Gasteiger partial charge in [0, 0.05) is 32.4 Å². The first-order valence-electron chi connectivity index (χ1n) is 7.27. The van der Waals surface area contributed by atoms with Gasteiger partial charge in [0.15, 0.2) is 0 Å². The van der Waals surface area contributed by atoms with Gasteiger partial charge in [-0.25, -0.2) is 13.6 Å². The number of urea groups is 1. The summed E-state index contributed by atoms with van der Waals surface area (Å²) < 4.78 is 54.8. The van der Waals surface area contributed by atoms with Gasteiger partial charge in [-0.15, -0.1) is 0 Å². The molecule has 0 saturated carbocycles. The third-order valence-electron chi connectivity index (χ3n) is 3.54.